The van der Waals surface area contributed by atoms with Crippen molar-refractivity contribution in [1.29, 1.82) is 0 Å². The molecule has 2 atom stereocenters. The van der Waals surface area contributed by atoms with Crippen molar-refractivity contribution in [2.75, 3.05) is 0 Å². The summed E-state index contributed by atoms with van der Waals surface area (Å²) < 4.78 is 0. The highest BCUT2D eigenvalue weighted by molar-refractivity contribution is 5.21. The molecule has 0 amide bonds. The standard InChI is InChI=1S/C14H18/c1-2-7-12-10-6-11-14(12)13-8-4-3-5-9-13/h2-5,8-9,12,14H,1,6-7,10-11H2/t12-,14-/m0/s1. The summed E-state index contributed by atoms with van der Waals surface area (Å²) in [5, 5.41) is 0. The Labute approximate surface area is 86.7 Å². The van der Waals surface area contributed by atoms with E-state index < -0.39 is 0 Å². The summed E-state index contributed by atoms with van der Waals surface area (Å²) in [7, 11) is 0. The van der Waals surface area contributed by atoms with Gasteiger partial charge in [-0.15, -0.1) is 6.58 Å². The van der Waals surface area contributed by atoms with Gasteiger partial charge in [-0.1, -0.05) is 42.8 Å². The molecule has 0 heteroatoms. The lowest BCUT2D eigenvalue weighted by Gasteiger charge is -2.18. The maximum Gasteiger partial charge on any atom is -0.0131 e. The molecule has 1 fully saturated rings. The number of allylic oxidation sites excluding steroid dienone is 1. The van der Waals surface area contributed by atoms with E-state index in [4.69, 9.17) is 0 Å². The van der Waals surface area contributed by atoms with E-state index in [0.717, 1.165) is 11.8 Å². The molecule has 0 heterocycles. The Kier molecular flexibility index (Phi) is 3.03. The first-order valence-electron chi connectivity index (χ1n) is 5.57. The van der Waals surface area contributed by atoms with E-state index in [1.54, 1.807) is 0 Å². The van der Waals surface area contributed by atoms with Crippen molar-refractivity contribution in [3.8, 4) is 0 Å². The number of hydrogen-bond acceptors (Lipinski definition) is 0. The second-order valence-electron chi connectivity index (χ2n) is 4.23. The average molecular weight is 186 g/mol. The highest BCUT2D eigenvalue weighted by Crippen LogP contribution is 2.41. The Morgan fingerprint density at radius 2 is 2.00 bits per heavy atom. The Bertz CT molecular complexity index is 286. The quantitative estimate of drug-likeness (QED) is 0.622. The van der Waals surface area contributed by atoms with Crippen molar-refractivity contribution in [2.24, 2.45) is 5.92 Å². The van der Waals surface area contributed by atoms with Crippen LogP contribution in [0.1, 0.15) is 37.2 Å². The zero-order chi connectivity index (χ0) is 9.80. The zero-order valence-corrected chi connectivity index (χ0v) is 8.65. The first-order chi connectivity index (χ1) is 6.92. The molecule has 1 saturated carbocycles. The van der Waals surface area contributed by atoms with E-state index >= 15 is 0 Å². The van der Waals surface area contributed by atoms with Gasteiger partial charge in [0.2, 0.25) is 0 Å². The van der Waals surface area contributed by atoms with Gasteiger partial charge in [-0.05, 0) is 36.7 Å². The fourth-order valence-corrected chi connectivity index (χ4v) is 2.67. The van der Waals surface area contributed by atoms with Crippen LogP contribution in [-0.4, -0.2) is 0 Å². The third kappa shape index (κ3) is 1.89. The fraction of sp³-hybridized carbons (Fsp3) is 0.429. The Morgan fingerprint density at radius 3 is 2.71 bits per heavy atom. The van der Waals surface area contributed by atoms with Gasteiger partial charge in [0.15, 0.2) is 0 Å². The molecular weight excluding hydrogens is 168 g/mol. The summed E-state index contributed by atoms with van der Waals surface area (Å²) in [6.45, 7) is 3.85. The highest BCUT2D eigenvalue weighted by Gasteiger charge is 2.26. The molecule has 74 valence electrons. The van der Waals surface area contributed by atoms with E-state index in [1.807, 2.05) is 0 Å². The molecular formula is C14H18. The molecule has 0 bridgehead atoms. The van der Waals surface area contributed by atoms with Crippen LogP contribution in [0.5, 0.6) is 0 Å². The monoisotopic (exact) mass is 186 g/mol. The summed E-state index contributed by atoms with van der Waals surface area (Å²) in [4.78, 5) is 0. The van der Waals surface area contributed by atoms with Crippen LogP contribution in [-0.2, 0) is 0 Å². The Morgan fingerprint density at radius 1 is 1.21 bits per heavy atom. The SMILES string of the molecule is C=CC[C@H]1CCC[C@@H]1c1ccccc1. The molecule has 0 N–H and O–H groups in total. The molecule has 1 aliphatic carbocycles. The van der Waals surface area contributed by atoms with Gasteiger partial charge in [-0.3, -0.25) is 0 Å². The second kappa shape index (κ2) is 4.45. The summed E-state index contributed by atoms with van der Waals surface area (Å²) in [6.07, 6.45) is 7.39. The minimum atomic E-state index is 0.786. The highest BCUT2D eigenvalue weighted by atomic mass is 14.3. The molecule has 1 aromatic carbocycles. The third-order valence-corrected chi connectivity index (χ3v) is 3.36. The lowest BCUT2D eigenvalue weighted by molar-refractivity contribution is 0.491. The van der Waals surface area contributed by atoms with Gasteiger partial charge in [0, 0.05) is 0 Å². The van der Waals surface area contributed by atoms with Gasteiger partial charge in [0.1, 0.15) is 0 Å². The average Bonchev–Trinajstić information content (AvgIpc) is 2.68. The van der Waals surface area contributed by atoms with Crippen LogP contribution in [0.15, 0.2) is 43.0 Å². The maximum atomic E-state index is 3.85. The molecule has 0 radical (unpaired) electrons. The smallest absolute Gasteiger partial charge is 0.0131 e. The minimum Gasteiger partial charge on any atom is -0.103 e. The van der Waals surface area contributed by atoms with Crippen LogP contribution < -0.4 is 0 Å². The van der Waals surface area contributed by atoms with E-state index in [1.165, 1.54) is 31.2 Å². The molecule has 0 unspecified atom stereocenters. The lowest BCUT2D eigenvalue weighted by Crippen LogP contribution is -2.04. The molecule has 0 saturated heterocycles. The van der Waals surface area contributed by atoms with E-state index in [2.05, 4.69) is 43.0 Å². The summed E-state index contributed by atoms with van der Waals surface area (Å²) in [5.74, 6) is 1.63. The molecule has 1 aromatic rings. The van der Waals surface area contributed by atoms with Crippen molar-refractivity contribution in [3.05, 3.63) is 48.6 Å². The maximum absolute atomic E-state index is 3.85. The number of hydrogen-bond donors (Lipinski definition) is 0. The van der Waals surface area contributed by atoms with E-state index in [0.29, 0.717) is 0 Å². The minimum absolute atomic E-state index is 0.786. The number of rotatable bonds is 3. The van der Waals surface area contributed by atoms with Crippen molar-refractivity contribution >= 4 is 0 Å². The molecule has 0 nitrogen and oxygen atoms in total. The van der Waals surface area contributed by atoms with Crippen LogP contribution >= 0.6 is 0 Å². The van der Waals surface area contributed by atoms with Crippen LogP contribution in [0.3, 0.4) is 0 Å². The van der Waals surface area contributed by atoms with Crippen molar-refractivity contribution in [3.63, 3.8) is 0 Å². The number of benzene rings is 1. The molecule has 0 aromatic heterocycles. The summed E-state index contributed by atoms with van der Waals surface area (Å²) >= 11 is 0. The molecule has 1 aliphatic rings. The topological polar surface area (TPSA) is 0 Å². The Hall–Kier alpha value is -1.04. The molecule has 0 aliphatic heterocycles. The normalized spacial score (nSPS) is 26.3. The van der Waals surface area contributed by atoms with Gasteiger partial charge >= 0.3 is 0 Å². The molecule has 0 spiro atoms. The van der Waals surface area contributed by atoms with E-state index in [-0.39, 0.29) is 0 Å². The molecule has 2 rings (SSSR count). The van der Waals surface area contributed by atoms with Gasteiger partial charge in [-0.25, -0.2) is 0 Å². The van der Waals surface area contributed by atoms with Gasteiger partial charge < -0.3 is 0 Å². The Balaban J connectivity index is 2.13. The third-order valence-electron chi connectivity index (χ3n) is 3.36. The van der Waals surface area contributed by atoms with Crippen LogP contribution in [0, 0.1) is 5.92 Å². The molecule has 14 heavy (non-hydrogen) atoms. The van der Waals surface area contributed by atoms with Gasteiger partial charge in [0.05, 0.1) is 0 Å². The first-order valence-corrected chi connectivity index (χ1v) is 5.57. The lowest BCUT2D eigenvalue weighted by atomic mass is 9.87. The van der Waals surface area contributed by atoms with E-state index in [9.17, 15) is 0 Å². The van der Waals surface area contributed by atoms with Gasteiger partial charge in [0.25, 0.3) is 0 Å². The summed E-state index contributed by atoms with van der Waals surface area (Å²) in [6, 6.07) is 10.9. The van der Waals surface area contributed by atoms with Gasteiger partial charge in [-0.2, -0.15) is 0 Å². The largest absolute Gasteiger partial charge is 0.103 e. The predicted molar refractivity (Wildman–Crippen MR) is 61.3 cm³/mol. The van der Waals surface area contributed by atoms with Crippen molar-refractivity contribution < 1.29 is 0 Å². The summed E-state index contributed by atoms with van der Waals surface area (Å²) in [5.41, 5.74) is 1.52. The first kappa shape index (κ1) is 9.51. The van der Waals surface area contributed by atoms with Crippen molar-refractivity contribution in [2.45, 2.75) is 31.6 Å². The van der Waals surface area contributed by atoms with Crippen LogP contribution in [0.4, 0.5) is 0 Å². The van der Waals surface area contributed by atoms with Crippen LogP contribution in [0.2, 0.25) is 0 Å². The zero-order valence-electron chi connectivity index (χ0n) is 8.65. The van der Waals surface area contributed by atoms with Crippen LogP contribution in [0.25, 0.3) is 0 Å². The fourth-order valence-electron chi connectivity index (χ4n) is 2.67. The predicted octanol–water partition coefficient (Wildman–Crippen LogP) is 4.15. The second-order valence-corrected chi connectivity index (χ2v) is 4.23. The van der Waals surface area contributed by atoms with Crippen molar-refractivity contribution in [1.82, 2.24) is 0 Å².